The van der Waals surface area contributed by atoms with Crippen molar-refractivity contribution in [3.63, 3.8) is 0 Å². The fourth-order valence-electron chi connectivity index (χ4n) is 7.62. The van der Waals surface area contributed by atoms with Gasteiger partial charge in [-0.05, 0) is 112 Å². The number of nitrogens with zero attached hydrogens (tertiary/aromatic N) is 6. The van der Waals surface area contributed by atoms with E-state index in [9.17, 15) is 18.0 Å². The number of halogens is 2. The van der Waals surface area contributed by atoms with E-state index in [1.165, 1.54) is 23.6 Å². The van der Waals surface area contributed by atoms with Gasteiger partial charge in [-0.15, -0.1) is 0 Å². The maximum Gasteiger partial charge on any atom is 0.332 e. The highest BCUT2D eigenvalue weighted by Gasteiger charge is 2.26. The molecule has 2 atom stereocenters. The van der Waals surface area contributed by atoms with Crippen molar-refractivity contribution < 1.29 is 27.5 Å². The maximum atomic E-state index is 13.0. The number of hydrogen-bond donors (Lipinski definition) is 5. The molecule has 2 aliphatic rings. The molecule has 4 amide bonds. The first-order valence-electron chi connectivity index (χ1n) is 20.7. The molecule has 2 aliphatic carbocycles. The molecule has 5 N–H and O–H groups in total. The van der Waals surface area contributed by atoms with Gasteiger partial charge in [-0.25, -0.2) is 37.5 Å². The third-order valence-electron chi connectivity index (χ3n) is 10.8. The lowest BCUT2D eigenvalue weighted by Crippen LogP contribution is -2.34. The van der Waals surface area contributed by atoms with Gasteiger partial charge >= 0.3 is 12.1 Å². The fourth-order valence-corrected chi connectivity index (χ4v) is 10.1. The number of anilines is 2. The van der Waals surface area contributed by atoms with Gasteiger partial charge in [-0.3, -0.25) is 14.1 Å². The van der Waals surface area contributed by atoms with Crippen LogP contribution < -0.4 is 29.6 Å². The summed E-state index contributed by atoms with van der Waals surface area (Å²) in [6, 6.07) is 14.0. The Hall–Kier alpha value is -6.02. The lowest BCUT2D eigenvalue weighted by atomic mass is 9.98. The number of methoxy groups -OCH3 is 2. The molecule has 65 heavy (non-hydrogen) atoms. The first-order chi connectivity index (χ1) is 31.1. The number of ether oxygens (including phenoxy) is 2. The Balaban J connectivity index is 0.000000194. The standard InChI is InChI=1S/C22H25ClN6O3S.C22H24ClN5O3S/c1-13(2)29-12-18(23)21(27-29)33(24,31)28-22(30)26-20-16-6-4-5-14(16)7-8-17(20)15-9-10-25-19(11-15)32-3;1-13(2)28-12-18(23)21(26-28)32(30)27-22(29)25-20-16-6-4-5-14(16)7-8-17(20)15-9-10-24-19(11-15)31-3/h7-13H,4-6H2,1-3H3,(H3,24,26,28,30,31);7-13H,4-6H2,1-3H3,(H2,25,27,29). The van der Waals surface area contributed by atoms with Crippen molar-refractivity contribution in [3.05, 3.63) is 106 Å². The van der Waals surface area contributed by atoms with Gasteiger partial charge in [0, 0.05) is 60.1 Å². The van der Waals surface area contributed by atoms with Gasteiger partial charge < -0.3 is 20.1 Å². The Morgan fingerprint density at radius 1 is 0.738 bits per heavy atom. The minimum atomic E-state index is -3.78. The van der Waals surface area contributed by atoms with Crippen molar-refractivity contribution in [3.8, 4) is 34.0 Å². The Morgan fingerprint density at radius 2 is 1.23 bits per heavy atom. The quantitative estimate of drug-likeness (QED) is 0.0782. The predicted molar refractivity (Wildman–Crippen MR) is 252 cm³/mol. The van der Waals surface area contributed by atoms with E-state index in [1.54, 1.807) is 36.4 Å². The molecule has 0 radical (unpaired) electrons. The number of rotatable bonds is 12. The topological polar surface area (TPSA) is 220 Å². The Kier molecular flexibility index (Phi) is 14.5. The van der Waals surface area contributed by atoms with Gasteiger partial charge in [0.25, 0.3) is 0 Å². The fraction of sp³-hybridized carbons (Fsp3) is 0.318. The lowest BCUT2D eigenvalue weighted by molar-refractivity contribution is 0.256. The molecule has 21 heteroatoms. The number of urea groups is 2. The van der Waals surface area contributed by atoms with Gasteiger partial charge in [0.1, 0.15) is 0 Å². The highest BCUT2D eigenvalue weighted by atomic mass is 35.5. The molecule has 342 valence electrons. The molecule has 0 spiro atoms. The molecule has 2 unspecified atom stereocenters. The number of carbonyl (C=O) groups is 2. The SMILES string of the molecule is COc1cc(-c2ccc3c(c2NC(=O)NS(=N)(=O)c2nn(C(C)C)cc2Cl)CCC3)ccn1.COc1cc(-c2ccc3c(c2NC(=O)NS(=O)c2nn(C(C)C)cc2Cl)CCC3)ccn1. The van der Waals surface area contributed by atoms with E-state index < -0.39 is 33.0 Å². The van der Waals surface area contributed by atoms with Gasteiger partial charge in [-0.1, -0.05) is 47.5 Å². The van der Waals surface area contributed by atoms with Crippen LogP contribution in [-0.4, -0.2) is 64.2 Å². The largest absolute Gasteiger partial charge is 0.481 e. The first-order valence-corrected chi connectivity index (χ1v) is 24.2. The average molecular weight is 963 g/mol. The van der Waals surface area contributed by atoms with Crippen LogP contribution in [0.25, 0.3) is 22.3 Å². The molecule has 0 aliphatic heterocycles. The summed E-state index contributed by atoms with van der Waals surface area (Å²) >= 11 is 12.3. The van der Waals surface area contributed by atoms with Gasteiger partial charge in [-0.2, -0.15) is 10.2 Å². The summed E-state index contributed by atoms with van der Waals surface area (Å²) < 4.78 is 52.3. The van der Waals surface area contributed by atoms with Crippen LogP contribution in [0.5, 0.6) is 11.8 Å². The molecule has 0 saturated carbocycles. The van der Waals surface area contributed by atoms with Crippen molar-refractivity contribution in [2.75, 3.05) is 24.9 Å². The molecule has 4 aromatic heterocycles. The van der Waals surface area contributed by atoms with Crippen LogP contribution in [0.1, 0.15) is 74.9 Å². The second kappa shape index (κ2) is 20.0. The minimum absolute atomic E-state index is 0.0351. The minimum Gasteiger partial charge on any atom is -0.481 e. The molecule has 0 fully saturated rings. The Labute approximate surface area is 389 Å². The van der Waals surface area contributed by atoms with Crippen LogP contribution >= 0.6 is 23.2 Å². The van der Waals surface area contributed by atoms with Crippen molar-refractivity contribution in [1.29, 1.82) is 4.78 Å². The number of hydrogen-bond acceptors (Lipinski definition) is 11. The Morgan fingerprint density at radius 3 is 1.71 bits per heavy atom. The van der Waals surface area contributed by atoms with Gasteiger partial charge in [0.15, 0.2) is 31.0 Å². The van der Waals surface area contributed by atoms with E-state index in [0.29, 0.717) is 23.1 Å². The number of benzene rings is 2. The molecule has 8 rings (SSSR count). The predicted octanol–water partition coefficient (Wildman–Crippen LogP) is 9.34. The summed E-state index contributed by atoms with van der Waals surface area (Å²) in [5.74, 6) is 0.933. The Bertz CT molecular complexity index is 2900. The highest BCUT2D eigenvalue weighted by molar-refractivity contribution is 7.91. The van der Waals surface area contributed by atoms with Crippen molar-refractivity contribution in [1.82, 2.24) is 39.0 Å². The summed E-state index contributed by atoms with van der Waals surface area (Å²) in [7, 11) is -2.59. The van der Waals surface area contributed by atoms with E-state index in [-0.39, 0.29) is 32.2 Å². The number of fused-ring (bicyclic) bond motifs is 2. The van der Waals surface area contributed by atoms with Crippen LogP contribution in [0, 0.1) is 4.78 Å². The number of nitrogens with one attached hydrogen (secondary N) is 5. The zero-order chi connectivity index (χ0) is 46.6. The van der Waals surface area contributed by atoms with Crippen LogP contribution in [0.15, 0.2) is 83.4 Å². The zero-order valence-electron chi connectivity index (χ0n) is 36.5. The third kappa shape index (κ3) is 10.6. The van der Waals surface area contributed by atoms with Gasteiger partial charge in [0.2, 0.25) is 11.8 Å². The molecular weight excluding hydrogens is 914 g/mol. The summed E-state index contributed by atoms with van der Waals surface area (Å²) in [4.78, 5) is 34.1. The summed E-state index contributed by atoms with van der Waals surface area (Å²) in [6.07, 6.45) is 11.9. The number of carbonyl (C=O) groups excluding carboxylic acids is 2. The zero-order valence-corrected chi connectivity index (χ0v) is 39.7. The molecule has 6 aromatic rings. The second-order valence-electron chi connectivity index (χ2n) is 15.8. The van der Waals surface area contributed by atoms with Crippen LogP contribution in [0.4, 0.5) is 21.0 Å². The summed E-state index contributed by atoms with van der Waals surface area (Å²) in [5, 5.41) is 14.4. The number of aryl methyl sites for hydroxylation is 2. The van der Waals surface area contributed by atoms with Crippen LogP contribution in [0.3, 0.4) is 0 Å². The van der Waals surface area contributed by atoms with Crippen molar-refractivity contribution >= 4 is 67.5 Å². The van der Waals surface area contributed by atoms with E-state index in [2.05, 4.69) is 52.4 Å². The van der Waals surface area contributed by atoms with Gasteiger partial charge in [0.05, 0.1) is 35.6 Å². The number of aromatic nitrogens is 6. The summed E-state index contributed by atoms with van der Waals surface area (Å²) in [5.41, 5.74) is 9.08. The third-order valence-corrected chi connectivity index (χ3v) is 13.9. The van der Waals surface area contributed by atoms with E-state index >= 15 is 0 Å². The monoisotopic (exact) mass is 961 g/mol. The van der Waals surface area contributed by atoms with Crippen LogP contribution in [0.2, 0.25) is 10.0 Å². The molecule has 0 saturated heterocycles. The molecule has 17 nitrogen and oxygen atoms in total. The maximum absolute atomic E-state index is 13.0. The highest BCUT2D eigenvalue weighted by Crippen LogP contribution is 2.40. The second-order valence-corrected chi connectivity index (χ2v) is 19.4. The van der Waals surface area contributed by atoms with E-state index in [0.717, 1.165) is 77.5 Å². The number of pyridine rings is 2. The lowest BCUT2D eigenvalue weighted by Gasteiger charge is -2.17. The van der Waals surface area contributed by atoms with Crippen molar-refractivity contribution in [2.24, 2.45) is 0 Å². The average Bonchev–Trinajstić information content (AvgIpc) is 4.11. The summed E-state index contributed by atoms with van der Waals surface area (Å²) in [6.45, 7) is 7.62. The normalized spacial score (nSPS) is 14.1. The molecule has 4 heterocycles. The van der Waals surface area contributed by atoms with E-state index in [4.69, 9.17) is 37.5 Å². The first kappa shape index (κ1) is 47.0. The van der Waals surface area contributed by atoms with E-state index in [1.807, 2.05) is 58.0 Å². The van der Waals surface area contributed by atoms with Crippen LogP contribution in [-0.2, 0) is 46.6 Å². The number of amides is 4. The molecule has 2 aromatic carbocycles. The smallest absolute Gasteiger partial charge is 0.332 e. The molecule has 0 bridgehead atoms. The molecular formula is C44H49Cl2N11O6S2. The van der Waals surface area contributed by atoms with Crippen molar-refractivity contribution in [2.45, 2.75) is 88.4 Å².